The maximum Gasteiger partial charge on any atom is 0.227 e. The van der Waals surface area contributed by atoms with Crippen molar-refractivity contribution in [3.05, 3.63) is 60.7 Å². The second-order valence-electron chi connectivity index (χ2n) is 6.88. The van der Waals surface area contributed by atoms with Gasteiger partial charge >= 0.3 is 0 Å². The van der Waals surface area contributed by atoms with Gasteiger partial charge in [0, 0.05) is 43.0 Å². The van der Waals surface area contributed by atoms with Crippen LogP contribution in [0, 0.1) is 0 Å². The number of nitrogens with one attached hydrogen (secondary N) is 2. The highest BCUT2D eigenvalue weighted by Crippen LogP contribution is 2.26. The minimum atomic E-state index is -0.0840. The number of nitrogens with zero attached hydrogens (tertiary/aromatic N) is 3. The predicted molar refractivity (Wildman–Crippen MR) is 113 cm³/mol. The molecule has 1 fully saturated rings. The number of aromatic nitrogens is 2. The molecule has 1 aliphatic heterocycles. The Morgan fingerprint density at radius 2 is 1.61 bits per heavy atom. The molecule has 1 aliphatic rings. The molecule has 0 bridgehead atoms. The number of carbonyl (C=O) groups is 1. The summed E-state index contributed by atoms with van der Waals surface area (Å²) in [5.41, 5.74) is 3.63. The van der Waals surface area contributed by atoms with E-state index in [0.29, 0.717) is 0 Å². The normalized spacial score (nSPS) is 13.4. The van der Waals surface area contributed by atoms with Crippen molar-refractivity contribution < 1.29 is 4.79 Å². The van der Waals surface area contributed by atoms with E-state index in [-0.39, 0.29) is 5.91 Å². The van der Waals surface area contributed by atoms with Gasteiger partial charge in [0.1, 0.15) is 5.82 Å². The largest absolute Gasteiger partial charge is 0.341 e. The van der Waals surface area contributed by atoms with Gasteiger partial charge in [0.25, 0.3) is 0 Å². The first-order chi connectivity index (χ1) is 13.7. The van der Waals surface area contributed by atoms with Crippen molar-refractivity contribution in [1.29, 1.82) is 0 Å². The molecule has 0 aliphatic carbocycles. The van der Waals surface area contributed by atoms with Crippen molar-refractivity contribution >= 4 is 29.0 Å². The molecule has 0 spiro atoms. The van der Waals surface area contributed by atoms with E-state index in [1.165, 1.54) is 19.8 Å². The molecule has 2 aromatic carbocycles. The third-order valence-corrected chi connectivity index (χ3v) is 4.65. The third-order valence-electron chi connectivity index (χ3n) is 4.65. The molecule has 28 heavy (non-hydrogen) atoms. The van der Waals surface area contributed by atoms with E-state index >= 15 is 0 Å². The molecule has 0 radical (unpaired) electrons. The second kappa shape index (κ2) is 8.08. The topological polar surface area (TPSA) is 70.2 Å². The van der Waals surface area contributed by atoms with Crippen molar-refractivity contribution in [3.8, 4) is 11.3 Å². The number of benzene rings is 2. The summed E-state index contributed by atoms with van der Waals surface area (Å²) in [5.74, 6) is 1.43. The fourth-order valence-corrected chi connectivity index (χ4v) is 3.30. The zero-order valence-corrected chi connectivity index (χ0v) is 15.9. The molecule has 0 unspecified atom stereocenters. The third kappa shape index (κ3) is 4.28. The van der Waals surface area contributed by atoms with E-state index in [0.717, 1.165) is 47.5 Å². The zero-order chi connectivity index (χ0) is 19.3. The van der Waals surface area contributed by atoms with Crippen LogP contribution in [0.2, 0.25) is 0 Å². The maximum atomic E-state index is 11.2. The van der Waals surface area contributed by atoms with E-state index in [9.17, 15) is 4.79 Å². The Kier molecular flexibility index (Phi) is 5.19. The lowest BCUT2D eigenvalue weighted by atomic mass is 10.1. The number of anilines is 4. The van der Waals surface area contributed by atoms with Gasteiger partial charge in [-0.15, -0.1) is 0 Å². The van der Waals surface area contributed by atoms with Crippen LogP contribution < -0.4 is 15.5 Å². The minimum absolute atomic E-state index is 0.0840. The van der Waals surface area contributed by atoms with Gasteiger partial charge in [-0.3, -0.25) is 4.79 Å². The minimum Gasteiger partial charge on any atom is -0.341 e. The van der Waals surface area contributed by atoms with Gasteiger partial charge in [-0.05, 0) is 37.1 Å². The summed E-state index contributed by atoms with van der Waals surface area (Å²) >= 11 is 0. The molecule has 6 nitrogen and oxygen atoms in total. The average Bonchev–Trinajstić information content (AvgIpc) is 3.25. The highest BCUT2D eigenvalue weighted by molar-refractivity contribution is 5.88. The number of hydrogen-bond donors (Lipinski definition) is 2. The Hall–Kier alpha value is -3.41. The number of carbonyl (C=O) groups excluding carboxylic acids is 1. The fourth-order valence-electron chi connectivity index (χ4n) is 3.30. The van der Waals surface area contributed by atoms with Crippen molar-refractivity contribution in [2.75, 3.05) is 28.6 Å². The molecule has 2 N–H and O–H groups in total. The van der Waals surface area contributed by atoms with Crippen molar-refractivity contribution in [1.82, 2.24) is 9.97 Å². The lowest BCUT2D eigenvalue weighted by molar-refractivity contribution is -0.114. The molecule has 1 amide bonds. The molecular formula is C22H23N5O. The molecule has 4 rings (SSSR count). The van der Waals surface area contributed by atoms with Gasteiger partial charge in [0.15, 0.2) is 0 Å². The molecule has 2 heterocycles. The summed E-state index contributed by atoms with van der Waals surface area (Å²) in [6.45, 7) is 3.48. The number of rotatable bonds is 5. The van der Waals surface area contributed by atoms with Crippen LogP contribution in [0.3, 0.4) is 0 Å². The molecule has 1 saturated heterocycles. The van der Waals surface area contributed by atoms with Gasteiger partial charge in [-0.2, -0.15) is 4.98 Å². The van der Waals surface area contributed by atoms with Gasteiger partial charge in [-0.1, -0.05) is 30.3 Å². The first-order valence-electron chi connectivity index (χ1n) is 9.51. The van der Waals surface area contributed by atoms with Crippen molar-refractivity contribution in [2.24, 2.45) is 0 Å². The van der Waals surface area contributed by atoms with Gasteiger partial charge in [-0.25, -0.2) is 4.98 Å². The van der Waals surface area contributed by atoms with Crippen LogP contribution >= 0.6 is 0 Å². The summed E-state index contributed by atoms with van der Waals surface area (Å²) in [7, 11) is 0. The highest BCUT2D eigenvalue weighted by atomic mass is 16.1. The molecule has 142 valence electrons. The van der Waals surface area contributed by atoms with Crippen LogP contribution in [0.25, 0.3) is 11.3 Å². The molecule has 0 atom stereocenters. The predicted octanol–water partition coefficient (Wildman–Crippen LogP) is 4.45. The molecule has 6 heteroatoms. The fraction of sp³-hybridized carbons (Fsp3) is 0.227. The van der Waals surface area contributed by atoms with E-state index < -0.39 is 0 Å². The Morgan fingerprint density at radius 1 is 0.929 bits per heavy atom. The molecule has 3 aromatic rings. The smallest absolute Gasteiger partial charge is 0.227 e. The SMILES string of the molecule is CC(=O)Nc1ccc(Nc2cc(-c3ccccc3)nc(N3CCCC3)n2)cc1. The Bertz CT molecular complexity index is 950. The van der Waals surface area contributed by atoms with E-state index in [4.69, 9.17) is 9.97 Å². The quantitative estimate of drug-likeness (QED) is 0.692. The number of amides is 1. The van der Waals surface area contributed by atoms with Crippen molar-refractivity contribution in [3.63, 3.8) is 0 Å². The van der Waals surface area contributed by atoms with Crippen LogP contribution in [-0.4, -0.2) is 29.0 Å². The van der Waals surface area contributed by atoms with E-state index in [1.807, 2.05) is 48.5 Å². The van der Waals surface area contributed by atoms with Crippen molar-refractivity contribution in [2.45, 2.75) is 19.8 Å². The number of hydrogen-bond acceptors (Lipinski definition) is 5. The van der Waals surface area contributed by atoms with E-state index in [2.05, 4.69) is 27.7 Å². The van der Waals surface area contributed by atoms with Crippen LogP contribution in [0.4, 0.5) is 23.1 Å². The zero-order valence-electron chi connectivity index (χ0n) is 15.9. The molecular weight excluding hydrogens is 350 g/mol. The van der Waals surface area contributed by atoms with Gasteiger partial charge < -0.3 is 15.5 Å². The molecule has 1 aromatic heterocycles. The summed E-state index contributed by atoms with van der Waals surface area (Å²) in [5, 5.41) is 6.14. The van der Waals surface area contributed by atoms with Gasteiger partial charge in [0.2, 0.25) is 11.9 Å². The summed E-state index contributed by atoms with van der Waals surface area (Å²) < 4.78 is 0. The highest BCUT2D eigenvalue weighted by Gasteiger charge is 2.17. The average molecular weight is 373 g/mol. The van der Waals surface area contributed by atoms with E-state index in [1.54, 1.807) is 0 Å². The maximum absolute atomic E-state index is 11.2. The first kappa shape index (κ1) is 18.0. The summed E-state index contributed by atoms with van der Waals surface area (Å²) in [4.78, 5) is 23.0. The first-order valence-corrected chi connectivity index (χ1v) is 9.51. The monoisotopic (exact) mass is 373 g/mol. The Morgan fingerprint density at radius 3 is 2.29 bits per heavy atom. The lowest BCUT2D eigenvalue weighted by Gasteiger charge is -2.18. The van der Waals surface area contributed by atoms with Crippen LogP contribution in [0.15, 0.2) is 60.7 Å². The second-order valence-corrected chi connectivity index (χ2v) is 6.88. The molecule has 0 saturated carbocycles. The Balaban J connectivity index is 1.63. The van der Waals surface area contributed by atoms with Crippen LogP contribution in [-0.2, 0) is 4.79 Å². The van der Waals surface area contributed by atoms with Crippen LogP contribution in [0.5, 0.6) is 0 Å². The lowest BCUT2D eigenvalue weighted by Crippen LogP contribution is -2.21. The summed E-state index contributed by atoms with van der Waals surface area (Å²) in [6.07, 6.45) is 2.35. The standard InChI is InChI=1S/C22H23N5O/c1-16(28)23-18-9-11-19(12-10-18)24-21-15-20(17-7-3-2-4-8-17)25-22(26-21)27-13-5-6-14-27/h2-4,7-12,15H,5-6,13-14H2,1H3,(H,23,28)(H,24,25,26). The Labute approximate surface area is 164 Å². The van der Waals surface area contributed by atoms with Crippen LogP contribution in [0.1, 0.15) is 19.8 Å². The summed E-state index contributed by atoms with van der Waals surface area (Å²) in [6, 6.07) is 19.7. The van der Waals surface area contributed by atoms with Gasteiger partial charge in [0.05, 0.1) is 5.69 Å².